The Morgan fingerprint density at radius 2 is 2.00 bits per heavy atom. The first-order valence-electron chi connectivity index (χ1n) is 7.80. The third-order valence-electron chi connectivity index (χ3n) is 3.47. The molecular formula is C18H13FN4O4. The molecule has 1 heterocycles. The Labute approximate surface area is 152 Å². The maximum absolute atomic E-state index is 12.9. The molecule has 136 valence electrons. The van der Waals surface area contributed by atoms with Gasteiger partial charge in [-0.1, -0.05) is 29.4 Å². The summed E-state index contributed by atoms with van der Waals surface area (Å²) in [6, 6.07) is 11.6. The monoisotopic (exact) mass is 368 g/mol. The zero-order chi connectivity index (χ0) is 19.2. The number of carbonyl (C=O) groups excluding carboxylic acids is 1. The molecule has 1 amide bonds. The molecule has 9 heteroatoms. The minimum atomic E-state index is -0.529. The summed E-state index contributed by atoms with van der Waals surface area (Å²) in [4.78, 5) is 22.1. The van der Waals surface area contributed by atoms with Crippen LogP contribution in [-0.2, 0) is 11.2 Å². The zero-order valence-corrected chi connectivity index (χ0v) is 13.8. The van der Waals surface area contributed by atoms with E-state index in [2.05, 4.69) is 15.5 Å². The molecule has 1 aromatic heterocycles. The van der Waals surface area contributed by atoms with Crippen LogP contribution in [0.3, 0.4) is 0 Å². The lowest BCUT2D eigenvalue weighted by Gasteiger charge is -1.97. The third-order valence-corrected chi connectivity index (χ3v) is 3.47. The number of aromatic nitrogens is 2. The predicted molar refractivity (Wildman–Crippen MR) is 94.3 cm³/mol. The highest BCUT2D eigenvalue weighted by atomic mass is 19.1. The number of carbonyl (C=O) groups is 1. The fourth-order valence-corrected chi connectivity index (χ4v) is 2.21. The van der Waals surface area contributed by atoms with E-state index >= 15 is 0 Å². The maximum atomic E-state index is 12.9. The van der Waals surface area contributed by atoms with Crippen molar-refractivity contribution in [1.29, 1.82) is 0 Å². The van der Waals surface area contributed by atoms with Gasteiger partial charge in [0.1, 0.15) is 5.82 Å². The third kappa shape index (κ3) is 5.05. The van der Waals surface area contributed by atoms with Crippen LogP contribution in [0.5, 0.6) is 0 Å². The van der Waals surface area contributed by atoms with Gasteiger partial charge in [0.05, 0.1) is 11.3 Å². The average Bonchev–Trinajstić information content (AvgIpc) is 3.09. The van der Waals surface area contributed by atoms with Gasteiger partial charge < -0.3 is 4.42 Å². The van der Waals surface area contributed by atoms with Crippen molar-refractivity contribution in [3.8, 4) is 0 Å². The molecule has 0 aliphatic rings. The number of nitrogens with zero attached hydrogens (tertiary/aromatic N) is 3. The van der Waals surface area contributed by atoms with Crippen molar-refractivity contribution < 1.29 is 18.5 Å². The van der Waals surface area contributed by atoms with Gasteiger partial charge in [-0.25, -0.2) is 4.39 Å². The number of nitro benzene ring substituents is 1. The molecule has 0 saturated carbocycles. The number of nitro groups is 1. The summed E-state index contributed by atoms with van der Waals surface area (Å²) in [7, 11) is 0. The topological polar surface area (TPSA) is 111 Å². The highest BCUT2D eigenvalue weighted by Crippen LogP contribution is 2.15. The van der Waals surface area contributed by atoms with Crippen LogP contribution in [0.4, 0.5) is 16.1 Å². The van der Waals surface area contributed by atoms with Crippen LogP contribution in [0, 0.1) is 15.9 Å². The average molecular weight is 368 g/mol. The van der Waals surface area contributed by atoms with Gasteiger partial charge in [0, 0.05) is 18.2 Å². The number of nitrogens with one attached hydrogen (secondary N) is 1. The highest BCUT2D eigenvalue weighted by molar-refractivity contribution is 6.00. The summed E-state index contributed by atoms with van der Waals surface area (Å²) in [5.74, 6) is -0.606. The number of halogens is 1. The smallest absolute Gasteiger partial charge is 0.322 e. The number of hydrogen-bond donors (Lipinski definition) is 1. The van der Waals surface area contributed by atoms with E-state index in [1.807, 2.05) is 0 Å². The molecular weight excluding hydrogens is 355 g/mol. The maximum Gasteiger partial charge on any atom is 0.322 e. The molecule has 1 N–H and O–H groups in total. The van der Waals surface area contributed by atoms with E-state index in [4.69, 9.17) is 4.42 Å². The summed E-state index contributed by atoms with van der Waals surface area (Å²) < 4.78 is 18.2. The Balaban J connectivity index is 1.59. The lowest BCUT2D eigenvalue weighted by Crippen LogP contribution is -2.07. The minimum Gasteiger partial charge on any atom is -0.407 e. The van der Waals surface area contributed by atoms with Gasteiger partial charge in [-0.2, -0.15) is 0 Å². The molecule has 0 unspecified atom stereocenters. The Bertz CT molecular complexity index is 999. The number of anilines is 1. The number of hydrogen-bond acceptors (Lipinski definition) is 6. The molecule has 0 aliphatic heterocycles. The molecule has 0 spiro atoms. The summed E-state index contributed by atoms with van der Waals surface area (Å²) in [6.07, 6.45) is 2.92. The second-order valence-electron chi connectivity index (χ2n) is 5.48. The van der Waals surface area contributed by atoms with E-state index < -0.39 is 10.8 Å². The van der Waals surface area contributed by atoms with E-state index in [1.54, 1.807) is 18.2 Å². The summed E-state index contributed by atoms with van der Waals surface area (Å²) in [5.41, 5.74) is 1.21. The summed E-state index contributed by atoms with van der Waals surface area (Å²) in [6.45, 7) is 0. The molecule has 0 aliphatic carbocycles. The highest BCUT2D eigenvalue weighted by Gasteiger charge is 2.09. The number of rotatable bonds is 6. The summed E-state index contributed by atoms with van der Waals surface area (Å²) in [5, 5.41) is 20.7. The van der Waals surface area contributed by atoms with Gasteiger partial charge in [-0.3, -0.25) is 20.2 Å². The van der Waals surface area contributed by atoms with Gasteiger partial charge in [0.2, 0.25) is 5.89 Å². The molecule has 3 rings (SSSR count). The van der Waals surface area contributed by atoms with Crippen molar-refractivity contribution in [2.75, 3.05) is 5.32 Å². The number of amides is 1. The first kappa shape index (κ1) is 17.9. The fourth-order valence-electron chi connectivity index (χ4n) is 2.21. The Morgan fingerprint density at radius 1 is 1.22 bits per heavy atom. The van der Waals surface area contributed by atoms with Gasteiger partial charge in [-0.05, 0) is 29.3 Å². The Kier molecular flexibility index (Phi) is 5.31. The van der Waals surface area contributed by atoms with E-state index in [1.165, 1.54) is 42.5 Å². The van der Waals surface area contributed by atoms with Crippen LogP contribution in [0.15, 0.2) is 59.0 Å². The lowest BCUT2D eigenvalue weighted by atomic mass is 10.1. The van der Waals surface area contributed by atoms with Gasteiger partial charge >= 0.3 is 6.01 Å². The molecule has 2 aromatic carbocycles. The minimum absolute atomic E-state index is 0.0695. The predicted octanol–water partition coefficient (Wildman–Crippen LogP) is 3.36. The summed E-state index contributed by atoms with van der Waals surface area (Å²) >= 11 is 0. The van der Waals surface area contributed by atoms with Crippen molar-refractivity contribution in [2.24, 2.45) is 0 Å². The van der Waals surface area contributed by atoms with E-state index in [0.717, 1.165) is 5.56 Å². The molecule has 0 fully saturated rings. The molecule has 0 bridgehead atoms. The molecule has 3 aromatic rings. The largest absolute Gasteiger partial charge is 0.407 e. The van der Waals surface area contributed by atoms with E-state index in [0.29, 0.717) is 12.0 Å². The second kappa shape index (κ2) is 8.00. The van der Waals surface area contributed by atoms with Gasteiger partial charge in [-0.15, -0.1) is 5.10 Å². The van der Waals surface area contributed by atoms with Gasteiger partial charge in [0.25, 0.3) is 11.6 Å². The standard InChI is InChI=1S/C18H13FN4O4/c19-14-7-4-13(5-8-14)11-17-21-22-18(27-17)20-16(24)9-6-12-2-1-3-15(10-12)23(25)26/h1-10H,11H2,(H,20,22,24). The molecule has 8 nitrogen and oxygen atoms in total. The Morgan fingerprint density at radius 3 is 2.74 bits per heavy atom. The van der Waals surface area contributed by atoms with Crippen molar-refractivity contribution in [3.05, 3.63) is 87.6 Å². The van der Waals surface area contributed by atoms with E-state index in [9.17, 15) is 19.3 Å². The van der Waals surface area contributed by atoms with Crippen LogP contribution < -0.4 is 5.32 Å². The van der Waals surface area contributed by atoms with Crippen LogP contribution >= 0.6 is 0 Å². The normalized spacial score (nSPS) is 10.9. The Hall–Kier alpha value is -3.88. The van der Waals surface area contributed by atoms with Gasteiger partial charge in [0.15, 0.2) is 0 Å². The molecule has 0 radical (unpaired) electrons. The molecule has 0 saturated heterocycles. The zero-order valence-electron chi connectivity index (χ0n) is 13.8. The lowest BCUT2D eigenvalue weighted by molar-refractivity contribution is -0.384. The van der Waals surface area contributed by atoms with Crippen molar-refractivity contribution in [3.63, 3.8) is 0 Å². The van der Waals surface area contributed by atoms with E-state index in [-0.39, 0.29) is 23.4 Å². The quantitative estimate of drug-likeness (QED) is 0.406. The molecule has 0 atom stereocenters. The molecule has 27 heavy (non-hydrogen) atoms. The number of benzene rings is 2. The first-order valence-corrected chi connectivity index (χ1v) is 7.80. The second-order valence-corrected chi connectivity index (χ2v) is 5.48. The first-order chi connectivity index (χ1) is 13.0. The van der Waals surface area contributed by atoms with Crippen molar-refractivity contribution in [1.82, 2.24) is 10.2 Å². The van der Waals surface area contributed by atoms with Crippen LogP contribution in [0.1, 0.15) is 17.0 Å². The van der Waals surface area contributed by atoms with Crippen LogP contribution in [0.25, 0.3) is 6.08 Å². The van der Waals surface area contributed by atoms with Crippen LogP contribution in [-0.4, -0.2) is 21.0 Å². The van der Waals surface area contributed by atoms with Crippen molar-refractivity contribution >= 4 is 23.7 Å². The van der Waals surface area contributed by atoms with Crippen LogP contribution in [0.2, 0.25) is 0 Å². The van der Waals surface area contributed by atoms with Crippen molar-refractivity contribution in [2.45, 2.75) is 6.42 Å². The fraction of sp³-hybridized carbons (Fsp3) is 0.0556. The number of non-ortho nitro benzene ring substituents is 1. The SMILES string of the molecule is O=C(C=Cc1cccc([N+](=O)[O-])c1)Nc1nnc(Cc2ccc(F)cc2)o1.